The maximum atomic E-state index is 13.7. The first kappa shape index (κ1) is 29.2. The van der Waals surface area contributed by atoms with Gasteiger partial charge in [0.15, 0.2) is 0 Å². The van der Waals surface area contributed by atoms with Crippen LogP contribution in [0, 0.1) is 0 Å². The molecule has 0 unspecified atom stereocenters. The zero-order valence-electron chi connectivity index (χ0n) is 23.1. The first-order chi connectivity index (χ1) is 18.8. The van der Waals surface area contributed by atoms with E-state index in [9.17, 15) is 23.1 Å². The summed E-state index contributed by atoms with van der Waals surface area (Å²) in [7, 11) is -3.98. The van der Waals surface area contributed by atoms with Crippen molar-refractivity contribution in [1.29, 1.82) is 0 Å². The normalized spacial score (nSPS) is 14.5. The van der Waals surface area contributed by atoms with Crippen LogP contribution in [-0.2, 0) is 38.1 Å². The number of carbonyl (C=O) groups is 2. The lowest BCUT2D eigenvalue weighted by atomic mass is 9.97. The van der Waals surface area contributed by atoms with Crippen LogP contribution in [0.2, 0.25) is 0 Å². The molecule has 0 saturated heterocycles. The van der Waals surface area contributed by atoms with Gasteiger partial charge in [0, 0.05) is 18.9 Å². The van der Waals surface area contributed by atoms with Crippen molar-refractivity contribution < 1.29 is 27.9 Å². The molecule has 2 heterocycles. The molecule has 1 amide bonds. The van der Waals surface area contributed by atoms with Gasteiger partial charge in [-0.05, 0) is 74.4 Å². The third kappa shape index (κ3) is 7.22. The average molecular weight is 567 g/mol. The molecule has 3 aromatic rings. The highest BCUT2D eigenvalue weighted by atomic mass is 32.2. The lowest BCUT2D eigenvalue weighted by Gasteiger charge is -2.26. The Bertz CT molecular complexity index is 1470. The minimum absolute atomic E-state index is 0.0366. The van der Waals surface area contributed by atoms with Crippen LogP contribution < -0.4 is 4.90 Å². The number of ether oxygens (including phenoxy) is 1. The molecule has 1 aromatic carbocycles. The van der Waals surface area contributed by atoms with Crippen molar-refractivity contribution >= 4 is 27.9 Å². The standard InChI is InChI=1S/C29H34N4O6S/c1-28(2,3)39-27(36)33(20-26(34)35)25-9-5-7-23(31-25)19-32(40(37,38)24-8-6-16-30-17-24)18-21-10-12-22(13-11-21)29(4)14-15-29/h5-13,16-17H,14-15,18-20H2,1-4H3,(H,34,35). The molecule has 40 heavy (non-hydrogen) atoms. The second kappa shape index (κ2) is 11.3. The summed E-state index contributed by atoms with van der Waals surface area (Å²) in [5.74, 6) is -1.21. The molecule has 1 aliphatic carbocycles. The molecular formula is C29H34N4O6S. The summed E-state index contributed by atoms with van der Waals surface area (Å²) >= 11 is 0. The molecule has 2 aromatic heterocycles. The van der Waals surface area contributed by atoms with Gasteiger partial charge in [-0.15, -0.1) is 0 Å². The van der Waals surface area contributed by atoms with Gasteiger partial charge >= 0.3 is 12.1 Å². The monoisotopic (exact) mass is 566 g/mol. The second-order valence-corrected chi connectivity index (χ2v) is 13.1. The van der Waals surface area contributed by atoms with Crippen molar-refractivity contribution in [3.8, 4) is 0 Å². The predicted molar refractivity (Wildman–Crippen MR) is 149 cm³/mol. The average Bonchev–Trinajstić information content (AvgIpc) is 3.65. The van der Waals surface area contributed by atoms with Crippen LogP contribution in [0.4, 0.5) is 10.6 Å². The molecule has 1 N–H and O–H groups in total. The van der Waals surface area contributed by atoms with E-state index in [1.807, 2.05) is 24.3 Å². The van der Waals surface area contributed by atoms with Crippen LogP contribution in [0.25, 0.3) is 0 Å². The number of pyridine rings is 2. The zero-order chi connectivity index (χ0) is 29.1. The van der Waals surface area contributed by atoms with E-state index in [1.165, 1.54) is 34.4 Å². The quantitative estimate of drug-likeness (QED) is 0.372. The number of carbonyl (C=O) groups excluding carboxylic acids is 1. The number of aliphatic carboxylic acids is 1. The van der Waals surface area contributed by atoms with Crippen molar-refractivity contribution in [3.63, 3.8) is 0 Å². The van der Waals surface area contributed by atoms with Gasteiger partial charge in [0.1, 0.15) is 22.9 Å². The summed E-state index contributed by atoms with van der Waals surface area (Å²) < 4.78 is 34.1. The minimum atomic E-state index is -3.98. The summed E-state index contributed by atoms with van der Waals surface area (Å²) in [6, 6.07) is 15.7. The first-order valence-corrected chi connectivity index (χ1v) is 14.4. The predicted octanol–water partition coefficient (Wildman–Crippen LogP) is 4.75. The highest BCUT2D eigenvalue weighted by Gasteiger charge is 2.38. The molecule has 0 spiro atoms. The van der Waals surface area contributed by atoms with Gasteiger partial charge in [0.05, 0.1) is 12.2 Å². The van der Waals surface area contributed by atoms with E-state index in [1.54, 1.807) is 39.0 Å². The Morgan fingerprint density at radius 2 is 1.73 bits per heavy atom. The highest BCUT2D eigenvalue weighted by molar-refractivity contribution is 7.89. The second-order valence-electron chi connectivity index (χ2n) is 11.2. The minimum Gasteiger partial charge on any atom is -0.480 e. The van der Waals surface area contributed by atoms with Gasteiger partial charge in [-0.1, -0.05) is 37.3 Å². The third-order valence-electron chi connectivity index (χ3n) is 6.60. The molecule has 10 nitrogen and oxygen atoms in total. The Kier molecular flexibility index (Phi) is 8.27. The van der Waals surface area contributed by atoms with Crippen molar-refractivity contribution in [2.24, 2.45) is 0 Å². The van der Waals surface area contributed by atoms with Gasteiger partial charge in [0.2, 0.25) is 10.0 Å². The number of sulfonamides is 1. The SMILES string of the molecule is CC(C)(C)OC(=O)N(CC(=O)O)c1cccc(CN(Cc2ccc(C3(C)CC3)cc2)S(=O)(=O)c2cccnc2)n1. The number of rotatable bonds is 10. The van der Waals surface area contributed by atoms with Crippen LogP contribution in [0.1, 0.15) is 57.4 Å². The lowest BCUT2D eigenvalue weighted by molar-refractivity contribution is -0.135. The molecule has 0 aliphatic heterocycles. The van der Waals surface area contributed by atoms with Crippen molar-refractivity contribution in [2.75, 3.05) is 11.4 Å². The van der Waals surface area contributed by atoms with E-state index in [4.69, 9.17) is 4.74 Å². The summed E-state index contributed by atoms with van der Waals surface area (Å²) in [5.41, 5.74) is 1.70. The van der Waals surface area contributed by atoms with E-state index >= 15 is 0 Å². The zero-order valence-corrected chi connectivity index (χ0v) is 23.9. The fourth-order valence-electron chi connectivity index (χ4n) is 4.14. The lowest BCUT2D eigenvalue weighted by Crippen LogP contribution is -2.40. The van der Waals surface area contributed by atoms with Crippen LogP contribution in [0.3, 0.4) is 0 Å². The largest absolute Gasteiger partial charge is 0.480 e. The fourth-order valence-corrected chi connectivity index (χ4v) is 5.51. The van der Waals surface area contributed by atoms with Crippen LogP contribution in [-0.4, -0.2) is 52.0 Å². The highest BCUT2D eigenvalue weighted by Crippen LogP contribution is 2.47. The summed E-state index contributed by atoms with van der Waals surface area (Å²) in [4.78, 5) is 33.7. The maximum absolute atomic E-state index is 13.7. The van der Waals surface area contributed by atoms with Crippen LogP contribution in [0.5, 0.6) is 0 Å². The molecule has 0 radical (unpaired) electrons. The van der Waals surface area contributed by atoms with Crippen molar-refractivity contribution in [3.05, 3.63) is 83.8 Å². The number of carboxylic acid groups (broad SMARTS) is 1. The molecule has 4 rings (SSSR count). The third-order valence-corrected chi connectivity index (χ3v) is 8.37. The van der Waals surface area contributed by atoms with E-state index in [0.717, 1.165) is 23.3 Å². The molecule has 1 saturated carbocycles. The molecule has 1 aliphatic rings. The van der Waals surface area contributed by atoms with E-state index in [0.29, 0.717) is 5.69 Å². The Balaban J connectivity index is 1.65. The summed E-state index contributed by atoms with van der Waals surface area (Å²) in [6.07, 6.45) is 4.19. The van der Waals surface area contributed by atoms with Crippen molar-refractivity contribution in [1.82, 2.24) is 14.3 Å². The van der Waals surface area contributed by atoms with Crippen molar-refractivity contribution in [2.45, 2.75) is 69.5 Å². The van der Waals surface area contributed by atoms with E-state index in [2.05, 4.69) is 16.9 Å². The number of benzene rings is 1. The summed E-state index contributed by atoms with van der Waals surface area (Å²) in [6.45, 7) is 6.51. The molecule has 1 fully saturated rings. The molecule has 212 valence electrons. The topological polar surface area (TPSA) is 130 Å². The number of nitrogens with zero attached hydrogens (tertiary/aromatic N) is 4. The van der Waals surface area contributed by atoms with Gasteiger partial charge in [-0.2, -0.15) is 4.31 Å². The van der Waals surface area contributed by atoms with Gasteiger partial charge < -0.3 is 9.84 Å². The van der Waals surface area contributed by atoms with Gasteiger partial charge in [-0.3, -0.25) is 14.7 Å². The van der Waals surface area contributed by atoms with Gasteiger partial charge in [-0.25, -0.2) is 18.2 Å². The summed E-state index contributed by atoms with van der Waals surface area (Å²) in [5, 5.41) is 9.41. The Morgan fingerprint density at radius 3 is 2.30 bits per heavy atom. The van der Waals surface area contributed by atoms with E-state index in [-0.39, 0.29) is 29.2 Å². The fraction of sp³-hybridized carbons (Fsp3) is 0.379. The van der Waals surface area contributed by atoms with Crippen LogP contribution in [0.15, 0.2) is 71.9 Å². The number of aromatic nitrogens is 2. The maximum Gasteiger partial charge on any atom is 0.416 e. The molecular weight excluding hydrogens is 532 g/mol. The smallest absolute Gasteiger partial charge is 0.416 e. The Hall–Kier alpha value is -3.83. The Morgan fingerprint density at radius 1 is 1.02 bits per heavy atom. The Labute approximate surface area is 234 Å². The number of hydrogen-bond donors (Lipinski definition) is 1. The molecule has 0 atom stereocenters. The number of anilines is 1. The van der Waals surface area contributed by atoms with Gasteiger partial charge in [0.25, 0.3) is 0 Å². The molecule has 11 heteroatoms. The van der Waals surface area contributed by atoms with Crippen LogP contribution >= 0.6 is 0 Å². The molecule has 0 bridgehead atoms. The van der Waals surface area contributed by atoms with E-state index < -0.39 is 34.2 Å². The number of carboxylic acids is 1. The number of amides is 1. The number of hydrogen-bond acceptors (Lipinski definition) is 7. The first-order valence-electron chi connectivity index (χ1n) is 12.9.